The van der Waals surface area contributed by atoms with Crippen LogP contribution < -0.4 is 0 Å². The summed E-state index contributed by atoms with van der Waals surface area (Å²) in [6, 6.07) is 6.38. The number of hydrogen-bond donors (Lipinski definition) is 0. The first-order valence-electron chi connectivity index (χ1n) is 9.76. The lowest BCUT2D eigenvalue weighted by Crippen LogP contribution is -2.34. The summed E-state index contributed by atoms with van der Waals surface area (Å²) in [7, 11) is -3.40. The van der Waals surface area contributed by atoms with E-state index in [2.05, 4.69) is 39.8 Å². The predicted octanol–water partition coefficient (Wildman–Crippen LogP) is 6.34. The van der Waals surface area contributed by atoms with Gasteiger partial charge in [0.05, 0.1) is 13.2 Å². The maximum absolute atomic E-state index is 13.4. The summed E-state index contributed by atoms with van der Waals surface area (Å²) in [5, 5.41) is 0. The molecule has 5 heteroatoms. The Hall–Kier alpha value is -0.670. The number of fused-ring (bicyclic) bond motifs is 1. The Kier molecular flexibility index (Phi) is 6.77. The molecule has 0 bridgehead atoms. The van der Waals surface area contributed by atoms with Crippen molar-refractivity contribution in [3.8, 4) is 0 Å². The van der Waals surface area contributed by atoms with E-state index in [0.29, 0.717) is 19.8 Å². The highest BCUT2D eigenvalue weighted by Gasteiger charge is 2.41. The Balaban J connectivity index is 2.56. The predicted molar refractivity (Wildman–Crippen MR) is 107 cm³/mol. The molecule has 2 rings (SSSR count). The zero-order chi connectivity index (χ0) is 19.6. The van der Waals surface area contributed by atoms with Gasteiger partial charge < -0.3 is 13.8 Å². The zero-order valence-electron chi connectivity index (χ0n) is 17.4. The molecule has 0 aliphatic heterocycles. The highest BCUT2D eigenvalue weighted by atomic mass is 31.2. The van der Waals surface area contributed by atoms with Gasteiger partial charge in [0, 0.05) is 6.61 Å². The number of hydrogen-bond acceptors (Lipinski definition) is 4. The second-order valence-corrected chi connectivity index (χ2v) is 10.3. The van der Waals surface area contributed by atoms with Crippen LogP contribution in [0.3, 0.4) is 0 Å². The largest absolute Gasteiger partial charge is 0.363 e. The number of rotatable bonds is 8. The second-order valence-electron chi connectivity index (χ2n) is 8.26. The summed E-state index contributed by atoms with van der Waals surface area (Å²) in [5.74, 6) is -0.696. The molecule has 148 valence electrons. The van der Waals surface area contributed by atoms with E-state index in [0.717, 1.165) is 18.4 Å². The molecule has 0 radical (unpaired) electrons. The van der Waals surface area contributed by atoms with E-state index in [1.54, 1.807) is 0 Å². The van der Waals surface area contributed by atoms with Gasteiger partial charge in [-0.1, -0.05) is 45.9 Å². The first-order chi connectivity index (χ1) is 12.1. The third-order valence-electron chi connectivity index (χ3n) is 5.39. The van der Waals surface area contributed by atoms with Crippen LogP contribution in [-0.2, 0) is 29.2 Å². The fourth-order valence-electron chi connectivity index (χ4n) is 3.82. The zero-order valence-corrected chi connectivity index (χ0v) is 18.3. The quantitative estimate of drug-likeness (QED) is 0.492. The summed E-state index contributed by atoms with van der Waals surface area (Å²) in [5.41, 5.74) is 3.79. The maximum Gasteiger partial charge on any atom is 0.363 e. The lowest BCUT2D eigenvalue weighted by atomic mass is 9.63. The molecule has 0 amide bonds. The first kappa shape index (κ1) is 21.6. The number of ether oxygens (including phenoxy) is 1. The highest BCUT2D eigenvalue weighted by molar-refractivity contribution is 7.54. The minimum Gasteiger partial charge on any atom is -0.361 e. The van der Waals surface area contributed by atoms with Crippen molar-refractivity contribution in [1.82, 2.24) is 0 Å². The molecule has 0 heterocycles. The van der Waals surface area contributed by atoms with E-state index < -0.39 is 13.4 Å². The average Bonchev–Trinajstić information content (AvgIpc) is 2.57. The molecule has 0 saturated heterocycles. The lowest BCUT2D eigenvalue weighted by molar-refractivity contribution is 0.0781. The van der Waals surface area contributed by atoms with E-state index in [4.69, 9.17) is 13.8 Å². The van der Waals surface area contributed by atoms with Crippen LogP contribution in [0.2, 0.25) is 0 Å². The van der Waals surface area contributed by atoms with Crippen molar-refractivity contribution in [2.75, 3.05) is 19.8 Å². The normalized spacial score (nSPS) is 19.8. The third kappa shape index (κ3) is 4.25. The van der Waals surface area contributed by atoms with Gasteiger partial charge in [-0.2, -0.15) is 0 Å². The molecule has 1 unspecified atom stereocenters. The molecular formula is C21H35O4P. The molecule has 1 atom stereocenters. The number of benzene rings is 1. The van der Waals surface area contributed by atoms with Crippen LogP contribution in [0.4, 0.5) is 0 Å². The van der Waals surface area contributed by atoms with Gasteiger partial charge >= 0.3 is 7.60 Å². The molecule has 0 spiro atoms. The van der Waals surface area contributed by atoms with Gasteiger partial charge in [-0.05, 0) is 61.1 Å². The smallest absolute Gasteiger partial charge is 0.361 e. The van der Waals surface area contributed by atoms with Crippen molar-refractivity contribution in [3.05, 3.63) is 34.9 Å². The Labute approximate surface area is 159 Å². The molecule has 0 saturated carbocycles. The van der Waals surface area contributed by atoms with Gasteiger partial charge in [0.1, 0.15) is 0 Å². The van der Waals surface area contributed by atoms with Crippen molar-refractivity contribution in [1.29, 1.82) is 0 Å². The van der Waals surface area contributed by atoms with Gasteiger partial charge in [-0.25, -0.2) is 0 Å². The van der Waals surface area contributed by atoms with Gasteiger partial charge in [0.2, 0.25) is 0 Å². The topological polar surface area (TPSA) is 44.8 Å². The van der Waals surface area contributed by atoms with Gasteiger partial charge in [-0.3, -0.25) is 4.57 Å². The standard InChI is InChI=1S/C21H35O4P/c1-8-23-19(26(22,24-9-2)25-10-3)16-11-12-17-18(15-16)21(6,7)14-13-20(17,4)5/h11-12,15,19H,8-10,13-14H2,1-7H3. The van der Waals surface area contributed by atoms with Crippen LogP contribution in [0, 0.1) is 0 Å². The van der Waals surface area contributed by atoms with Crippen LogP contribution >= 0.6 is 7.60 Å². The van der Waals surface area contributed by atoms with Crippen LogP contribution in [0.15, 0.2) is 18.2 Å². The van der Waals surface area contributed by atoms with Crippen molar-refractivity contribution in [3.63, 3.8) is 0 Å². The van der Waals surface area contributed by atoms with Crippen LogP contribution in [0.5, 0.6) is 0 Å². The van der Waals surface area contributed by atoms with Crippen molar-refractivity contribution in [2.45, 2.75) is 78.0 Å². The molecule has 1 aliphatic carbocycles. The Morgan fingerprint density at radius 3 is 1.96 bits per heavy atom. The van der Waals surface area contributed by atoms with Crippen LogP contribution in [0.25, 0.3) is 0 Å². The fourth-order valence-corrected chi connectivity index (χ4v) is 5.74. The average molecular weight is 382 g/mol. The van der Waals surface area contributed by atoms with Crippen LogP contribution in [0.1, 0.15) is 83.8 Å². The van der Waals surface area contributed by atoms with Gasteiger partial charge in [0.15, 0.2) is 5.85 Å². The highest BCUT2D eigenvalue weighted by Crippen LogP contribution is 2.62. The van der Waals surface area contributed by atoms with Gasteiger partial charge in [-0.15, -0.1) is 0 Å². The molecule has 26 heavy (non-hydrogen) atoms. The summed E-state index contributed by atoms with van der Waals surface area (Å²) >= 11 is 0. The minimum atomic E-state index is -3.40. The monoisotopic (exact) mass is 382 g/mol. The minimum absolute atomic E-state index is 0.0822. The lowest BCUT2D eigenvalue weighted by Gasteiger charge is -2.42. The Morgan fingerprint density at radius 1 is 0.923 bits per heavy atom. The maximum atomic E-state index is 13.4. The van der Waals surface area contributed by atoms with Crippen molar-refractivity contribution in [2.24, 2.45) is 0 Å². The molecule has 1 aromatic rings. The Bertz CT molecular complexity index is 656. The van der Waals surface area contributed by atoms with E-state index in [-0.39, 0.29) is 10.8 Å². The summed E-state index contributed by atoms with van der Waals surface area (Å²) in [6.07, 6.45) is 2.29. The van der Waals surface area contributed by atoms with Crippen molar-refractivity contribution < 1.29 is 18.3 Å². The van der Waals surface area contributed by atoms with E-state index in [1.807, 2.05) is 26.8 Å². The molecule has 1 aliphatic rings. The van der Waals surface area contributed by atoms with Crippen LogP contribution in [-0.4, -0.2) is 19.8 Å². The van der Waals surface area contributed by atoms with E-state index in [1.165, 1.54) is 11.1 Å². The molecule has 0 N–H and O–H groups in total. The third-order valence-corrected chi connectivity index (χ3v) is 7.65. The SMILES string of the molecule is CCOC(c1ccc2c(c1)C(C)(C)CCC2(C)C)P(=O)(OCC)OCC. The molecular weight excluding hydrogens is 347 g/mol. The second kappa shape index (κ2) is 8.14. The molecule has 4 nitrogen and oxygen atoms in total. The summed E-state index contributed by atoms with van der Waals surface area (Å²) < 4.78 is 30.5. The first-order valence-corrected chi connectivity index (χ1v) is 11.4. The summed E-state index contributed by atoms with van der Waals surface area (Å²) in [4.78, 5) is 0. The van der Waals surface area contributed by atoms with Gasteiger partial charge in [0.25, 0.3) is 0 Å². The molecule has 1 aromatic carbocycles. The van der Waals surface area contributed by atoms with E-state index >= 15 is 0 Å². The molecule has 0 fully saturated rings. The molecule has 0 aromatic heterocycles. The summed E-state index contributed by atoms with van der Waals surface area (Å²) in [6.45, 7) is 15.8. The Morgan fingerprint density at radius 2 is 1.46 bits per heavy atom. The fraction of sp³-hybridized carbons (Fsp3) is 0.714. The van der Waals surface area contributed by atoms with E-state index in [9.17, 15) is 4.57 Å². The van der Waals surface area contributed by atoms with Crippen molar-refractivity contribution >= 4 is 7.60 Å².